The number of rotatable bonds is 3. The van der Waals surface area contributed by atoms with Crippen LogP contribution < -0.4 is 5.73 Å². The highest BCUT2D eigenvalue weighted by Gasteiger charge is 2.66. The summed E-state index contributed by atoms with van der Waals surface area (Å²) in [6.07, 6.45) is 12.4. The van der Waals surface area contributed by atoms with Gasteiger partial charge < -0.3 is 5.73 Å². The third-order valence-corrected chi connectivity index (χ3v) is 7.18. The molecule has 5 aliphatic carbocycles. The largest absolute Gasteiger partial charge is 0.330 e. The van der Waals surface area contributed by atoms with E-state index in [1.807, 2.05) is 0 Å². The van der Waals surface area contributed by atoms with Gasteiger partial charge in [-0.05, 0) is 92.4 Å². The molecule has 1 heteroatoms. The molecule has 0 aliphatic heterocycles. The van der Waals surface area contributed by atoms with Crippen molar-refractivity contribution in [2.24, 2.45) is 40.2 Å². The lowest BCUT2D eigenvalue weighted by Gasteiger charge is -2.61. The van der Waals surface area contributed by atoms with E-state index in [1.165, 1.54) is 12.8 Å². The molecule has 5 fully saturated rings. The van der Waals surface area contributed by atoms with Crippen LogP contribution in [0.2, 0.25) is 0 Å². The molecule has 1 unspecified atom stereocenters. The molecular formula is C16H27N. The molecule has 0 amide bonds. The molecule has 0 spiro atoms. The zero-order valence-electron chi connectivity index (χ0n) is 11.3. The average molecular weight is 233 g/mol. The Morgan fingerprint density at radius 1 is 1.00 bits per heavy atom. The highest BCUT2D eigenvalue weighted by atomic mass is 14.7. The predicted octanol–water partition coefficient (Wildman–Crippen LogP) is 3.58. The summed E-state index contributed by atoms with van der Waals surface area (Å²) in [4.78, 5) is 0. The zero-order chi connectivity index (χ0) is 11.7. The standard InChI is InChI=1S/C16H27N/c1-11(10-17)16(2-3-16)15-7-12-4-13(8-15)6-14(5-12)9-15/h11-14H,2-10,17H2,1H3. The fraction of sp³-hybridized carbons (Fsp3) is 1.00. The summed E-state index contributed by atoms with van der Waals surface area (Å²) < 4.78 is 0. The Kier molecular flexibility index (Phi) is 2.10. The van der Waals surface area contributed by atoms with Crippen molar-refractivity contribution in [3.05, 3.63) is 0 Å². The molecule has 0 aromatic heterocycles. The van der Waals surface area contributed by atoms with E-state index < -0.39 is 0 Å². The van der Waals surface area contributed by atoms with E-state index in [0.29, 0.717) is 5.41 Å². The van der Waals surface area contributed by atoms with Crippen LogP contribution in [0.3, 0.4) is 0 Å². The predicted molar refractivity (Wildman–Crippen MR) is 70.5 cm³/mol. The summed E-state index contributed by atoms with van der Waals surface area (Å²) in [5.74, 6) is 4.08. The zero-order valence-corrected chi connectivity index (χ0v) is 11.3. The van der Waals surface area contributed by atoms with E-state index in [4.69, 9.17) is 5.73 Å². The Morgan fingerprint density at radius 2 is 1.47 bits per heavy atom. The topological polar surface area (TPSA) is 26.0 Å². The van der Waals surface area contributed by atoms with Crippen LogP contribution in [0.4, 0.5) is 0 Å². The van der Waals surface area contributed by atoms with Gasteiger partial charge in [0.1, 0.15) is 0 Å². The molecule has 96 valence electrons. The van der Waals surface area contributed by atoms with Gasteiger partial charge in [0.15, 0.2) is 0 Å². The Bertz CT molecular complexity index is 293. The second-order valence-corrected chi connectivity index (χ2v) is 7.99. The fourth-order valence-electron chi connectivity index (χ4n) is 6.63. The van der Waals surface area contributed by atoms with Crippen molar-refractivity contribution in [1.29, 1.82) is 0 Å². The van der Waals surface area contributed by atoms with E-state index in [-0.39, 0.29) is 0 Å². The van der Waals surface area contributed by atoms with Gasteiger partial charge >= 0.3 is 0 Å². The maximum atomic E-state index is 6.02. The molecule has 0 saturated heterocycles. The molecule has 0 aromatic carbocycles. The molecule has 0 aromatic rings. The summed E-state index contributed by atoms with van der Waals surface area (Å²) in [6.45, 7) is 3.35. The van der Waals surface area contributed by atoms with Crippen molar-refractivity contribution in [1.82, 2.24) is 0 Å². The fourth-order valence-corrected chi connectivity index (χ4v) is 6.63. The molecule has 17 heavy (non-hydrogen) atoms. The first-order chi connectivity index (χ1) is 8.17. The van der Waals surface area contributed by atoms with Crippen LogP contribution in [0.25, 0.3) is 0 Å². The van der Waals surface area contributed by atoms with Gasteiger partial charge in [0.2, 0.25) is 0 Å². The quantitative estimate of drug-likeness (QED) is 0.792. The monoisotopic (exact) mass is 233 g/mol. The van der Waals surface area contributed by atoms with Crippen LogP contribution in [-0.4, -0.2) is 6.54 Å². The minimum absolute atomic E-state index is 0.692. The van der Waals surface area contributed by atoms with E-state index in [1.54, 1.807) is 38.5 Å². The Hall–Kier alpha value is -0.0400. The second-order valence-electron chi connectivity index (χ2n) is 7.99. The molecule has 5 aliphatic rings. The molecular weight excluding hydrogens is 206 g/mol. The summed E-state index contributed by atoms with van der Waals surface area (Å²) in [6, 6.07) is 0. The third kappa shape index (κ3) is 1.30. The molecule has 0 radical (unpaired) electrons. The Balaban J connectivity index is 1.68. The highest BCUT2D eigenvalue weighted by Crippen LogP contribution is 2.75. The summed E-state index contributed by atoms with van der Waals surface area (Å²) in [5, 5.41) is 0. The molecule has 1 atom stereocenters. The van der Waals surface area contributed by atoms with Gasteiger partial charge in [0, 0.05) is 0 Å². The lowest BCUT2D eigenvalue weighted by molar-refractivity contribution is -0.110. The van der Waals surface area contributed by atoms with Crippen LogP contribution >= 0.6 is 0 Å². The minimum atomic E-state index is 0.692. The molecule has 4 bridgehead atoms. The van der Waals surface area contributed by atoms with Crippen molar-refractivity contribution in [3.8, 4) is 0 Å². The maximum absolute atomic E-state index is 6.02. The van der Waals surface area contributed by atoms with E-state index in [0.717, 1.165) is 35.6 Å². The normalized spacial score (nSPS) is 51.5. The van der Waals surface area contributed by atoms with Crippen molar-refractivity contribution in [2.75, 3.05) is 6.54 Å². The minimum Gasteiger partial charge on any atom is -0.330 e. The van der Waals surface area contributed by atoms with Crippen LogP contribution in [-0.2, 0) is 0 Å². The lowest BCUT2D eigenvalue weighted by Crippen LogP contribution is -2.52. The first-order valence-corrected chi connectivity index (χ1v) is 7.87. The molecule has 2 N–H and O–H groups in total. The van der Waals surface area contributed by atoms with E-state index >= 15 is 0 Å². The van der Waals surface area contributed by atoms with E-state index in [2.05, 4.69) is 6.92 Å². The van der Waals surface area contributed by atoms with Gasteiger partial charge in [0.05, 0.1) is 0 Å². The molecule has 5 saturated carbocycles. The van der Waals surface area contributed by atoms with Gasteiger partial charge in [-0.2, -0.15) is 0 Å². The summed E-state index contributed by atoms with van der Waals surface area (Å²) in [7, 11) is 0. The average Bonchev–Trinajstić information content (AvgIpc) is 3.07. The SMILES string of the molecule is CC(CN)C1(C23CC4CC(CC(C4)C2)C3)CC1. The van der Waals surface area contributed by atoms with Gasteiger partial charge in [-0.3, -0.25) is 0 Å². The van der Waals surface area contributed by atoms with Crippen LogP contribution in [0, 0.1) is 34.5 Å². The Labute approximate surface area is 106 Å². The number of nitrogens with two attached hydrogens (primary N) is 1. The highest BCUT2D eigenvalue weighted by molar-refractivity contribution is 5.15. The van der Waals surface area contributed by atoms with Crippen LogP contribution in [0.1, 0.15) is 58.3 Å². The summed E-state index contributed by atoms with van der Waals surface area (Å²) >= 11 is 0. The number of hydrogen-bond donors (Lipinski definition) is 1. The van der Waals surface area contributed by atoms with Gasteiger partial charge in [-0.1, -0.05) is 6.92 Å². The molecule has 1 nitrogen and oxygen atoms in total. The van der Waals surface area contributed by atoms with Gasteiger partial charge in [-0.25, -0.2) is 0 Å². The maximum Gasteiger partial charge on any atom is -0.00460 e. The Morgan fingerprint density at radius 3 is 1.82 bits per heavy atom. The summed E-state index contributed by atoms with van der Waals surface area (Å²) in [5.41, 5.74) is 7.46. The first kappa shape index (κ1) is 10.8. The van der Waals surface area contributed by atoms with Crippen molar-refractivity contribution < 1.29 is 0 Å². The lowest BCUT2D eigenvalue weighted by atomic mass is 9.44. The van der Waals surface area contributed by atoms with Crippen molar-refractivity contribution >= 4 is 0 Å². The van der Waals surface area contributed by atoms with Gasteiger partial charge in [0.25, 0.3) is 0 Å². The smallest absolute Gasteiger partial charge is 0.00460 e. The number of hydrogen-bond acceptors (Lipinski definition) is 1. The first-order valence-electron chi connectivity index (χ1n) is 7.87. The second kappa shape index (κ2) is 3.29. The molecule has 5 rings (SSSR count). The van der Waals surface area contributed by atoms with Crippen molar-refractivity contribution in [3.63, 3.8) is 0 Å². The van der Waals surface area contributed by atoms with Crippen LogP contribution in [0.15, 0.2) is 0 Å². The van der Waals surface area contributed by atoms with Crippen LogP contribution in [0.5, 0.6) is 0 Å². The van der Waals surface area contributed by atoms with Gasteiger partial charge in [-0.15, -0.1) is 0 Å². The van der Waals surface area contributed by atoms with E-state index in [9.17, 15) is 0 Å². The molecule has 0 heterocycles. The third-order valence-electron chi connectivity index (χ3n) is 7.18. The van der Waals surface area contributed by atoms with Crippen molar-refractivity contribution in [2.45, 2.75) is 58.3 Å².